The van der Waals surface area contributed by atoms with Crippen LogP contribution in [-0.2, 0) is 4.79 Å². The van der Waals surface area contributed by atoms with Crippen LogP contribution in [0, 0.1) is 0 Å². The molecular formula is C13H14BrN3O4. The number of urea groups is 1. The highest BCUT2D eigenvalue weighted by molar-refractivity contribution is 9.10. The lowest BCUT2D eigenvalue weighted by molar-refractivity contribution is -0.126. The molecule has 0 aliphatic carbocycles. The Morgan fingerprint density at radius 3 is 2.86 bits per heavy atom. The summed E-state index contributed by atoms with van der Waals surface area (Å²) in [6.07, 6.45) is 0. The van der Waals surface area contributed by atoms with Crippen LogP contribution in [0.2, 0.25) is 0 Å². The first kappa shape index (κ1) is 15.3. The third kappa shape index (κ3) is 3.33. The van der Waals surface area contributed by atoms with Gasteiger partial charge >= 0.3 is 12.0 Å². The van der Waals surface area contributed by atoms with Crippen LogP contribution in [0.25, 0.3) is 0 Å². The van der Waals surface area contributed by atoms with Gasteiger partial charge in [0.05, 0.1) is 11.3 Å². The first-order valence-electron chi connectivity index (χ1n) is 6.28. The summed E-state index contributed by atoms with van der Waals surface area (Å²) < 4.78 is 0.646. The maximum atomic E-state index is 12.2. The summed E-state index contributed by atoms with van der Waals surface area (Å²) in [4.78, 5) is 36.3. The topological polar surface area (TPSA) is 98.7 Å². The zero-order chi connectivity index (χ0) is 15.6. The molecule has 0 radical (unpaired) electrons. The van der Waals surface area contributed by atoms with Gasteiger partial charge in [-0.15, -0.1) is 0 Å². The standard InChI is InChI=1S/C13H14BrN3O4/c1-7-11(18)15-4-5-17(7)13(21)16-10-6-8(14)2-3-9(10)12(19)20/h2-3,6-7H,4-5H2,1H3,(H,15,18)(H,16,21)(H,19,20). The molecule has 3 N–H and O–H groups in total. The van der Waals surface area contributed by atoms with Gasteiger partial charge in [0, 0.05) is 17.6 Å². The van der Waals surface area contributed by atoms with Crippen LogP contribution in [0.4, 0.5) is 10.5 Å². The van der Waals surface area contributed by atoms with Gasteiger partial charge in [-0.05, 0) is 25.1 Å². The summed E-state index contributed by atoms with van der Waals surface area (Å²) in [7, 11) is 0. The monoisotopic (exact) mass is 355 g/mol. The van der Waals surface area contributed by atoms with E-state index in [0.29, 0.717) is 17.6 Å². The van der Waals surface area contributed by atoms with Gasteiger partial charge < -0.3 is 20.6 Å². The number of carboxylic acid groups (broad SMARTS) is 1. The number of amides is 3. The predicted octanol–water partition coefficient (Wildman–Crippen LogP) is 1.50. The number of halogens is 1. The second-order valence-corrected chi connectivity index (χ2v) is 5.50. The van der Waals surface area contributed by atoms with Gasteiger partial charge in [-0.3, -0.25) is 4.79 Å². The molecule has 1 fully saturated rings. The fourth-order valence-corrected chi connectivity index (χ4v) is 2.41. The molecule has 21 heavy (non-hydrogen) atoms. The van der Waals surface area contributed by atoms with Crippen LogP contribution in [-0.4, -0.2) is 47.0 Å². The smallest absolute Gasteiger partial charge is 0.337 e. The normalized spacial score (nSPS) is 18.1. The number of benzene rings is 1. The Kier molecular flexibility index (Phi) is 4.46. The van der Waals surface area contributed by atoms with E-state index in [9.17, 15) is 14.4 Å². The molecule has 1 aromatic rings. The molecule has 0 bridgehead atoms. The first-order valence-corrected chi connectivity index (χ1v) is 7.07. The molecule has 8 heteroatoms. The zero-order valence-corrected chi connectivity index (χ0v) is 12.8. The van der Waals surface area contributed by atoms with Crippen molar-refractivity contribution in [3.05, 3.63) is 28.2 Å². The van der Waals surface area contributed by atoms with Crippen LogP contribution < -0.4 is 10.6 Å². The number of aromatic carboxylic acids is 1. The van der Waals surface area contributed by atoms with E-state index in [4.69, 9.17) is 5.11 Å². The van der Waals surface area contributed by atoms with E-state index < -0.39 is 18.0 Å². The molecule has 3 amide bonds. The molecule has 1 unspecified atom stereocenters. The van der Waals surface area contributed by atoms with E-state index in [-0.39, 0.29) is 17.2 Å². The lowest BCUT2D eigenvalue weighted by atomic mass is 10.1. The highest BCUT2D eigenvalue weighted by atomic mass is 79.9. The van der Waals surface area contributed by atoms with Gasteiger partial charge in [0.25, 0.3) is 0 Å². The predicted molar refractivity (Wildman–Crippen MR) is 79.3 cm³/mol. The maximum absolute atomic E-state index is 12.2. The van der Waals surface area contributed by atoms with Gasteiger partial charge in [0.2, 0.25) is 5.91 Å². The first-order chi connectivity index (χ1) is 9.90. The molecule has 112 valence electrons. The number of carboxylic acids is 1. The van der Waals surface area contributed by atoms with Crippen LogP contribution >= 0.6 is 15.9 Å². The van der Waals surface area contributed by atoms with Crippen molar-refractivity contribution in [1.82, 2.24) is 10.2 Å². The molecule has 1 aliphatic rings. The molecule has 1 aliphatic heterocycles. The summed E-state index contributed by atoms with van der Waals surface area (Å²) in [5.41, 5.74) is 0.167. The molecule has 1 atom stereocenters. The van der Waals surface area contributed by atoms with Crippen LogP contribution in [0.1, 0.15) is 17.3 Å². The molecule has 1 aromatic carbocycles. The van der Waals surface area contributed by atoms with Crippen molar-refractivity contribution >= 4 is 39.5 Å². The molecular weight excluding hydrogens is 342 g/mol. The summed E-state index contributed by atoms with van der Waals surface area (Å²) in [6.45, 7) is 2.36. The second-order valence-electron chi connectivity index (χ2n) is 4.59. The largest absolute Gasteiger partial charge is 0.478 e. The third-order valence-corrected chi connectivity index (χ3v) is 3.71. The van der Waals surface area contributed by atoms with Gasteiger partial charge in [0.1, 0.15) is 6.04 Å². The van der Waals surface area contributed by atoms with Crippen LogP contribution in [0.3, 0.4) is 0 Å². The van der Waals surface area contributed by atoms with Crippen molar-refractivity contribution in [2.75, 3.05) is 18.4 Å². The van der Waals surface area contributed by atoms with Gasteiger partial charge in [-0.1, -0.05) is 15.9 Å². The van der Waals surface area contributed by atoms with Crippen LogP contribution in [0.15, 0.2) is 22.7 Å². The minimum absolute atomic E-state index is 0.0133. The molecule has 0 aromatic heterocycles. The van der Waals surface area contributed by atoms with E-state index in [2.05, 4.69) is 26.6 Å². The summed E-state index contributed by atoms with van der Waals surface area (Å²) in [6, 6.07) is 3.39. The molecule has 2 rings (SSSR count). The molecule has 1 heterocycles. The Hall–Kier alpha value is -2.09. The fraction of sp³-hybridized carbons (Fsp3) is 0.308. The SMILES string of the molecule is CC1C(=O)NCCN1C(=O)Nc1cc(Br)ccc1C(=O)O. The third-order valence-electron chi connectivity index (χ3n) is 3.21. The Bertz CT molecular complexity index is 605. The minimum Gasteiger partial charge on any atom is -0.478 e. The van der Waals surface area contributed by atoms with E-state index in [1.54, 1.807) is 13.0 Å². The highest BCUT2D eigenvalue weighted by Crippen LogP contribution is 2.22. The number of anilines is 1. The van der Waals surface area contributed by atoms with Crippen molar-refractivity contribution in [2.45, 2.75) is 13.0 Å². The maximum Gasteiger partial charge on any atom is 0.337 e. The Morgan fingerprint density at radius 2 is 2.19 bits per heavy atom. The van der Waals surface area contributed by atoms with Gasteiger partial charge in [-0.2, -0.15) is 0 Å². The molecule has 1 saturated heterocycles. The number of carbonyl (C=O) groups excluding carboxylic acids is 2. The molecule has 0 saturated carbocycles. The van der Waals surface area contributed by atoms with Gasteiger partial charge in [0.15, 0.2) is 0 Å². The number of carbonyl (C=O) groups is 3. The molecule has 0 spiro atoms. The average molecular weight is 356 g/mol. The Balaban J connectivity index is 2.21. The Morgan fingerprint density at radius 1 is 1.48 bits per heavy atom. The van der Waals surface area contributed by atoms with Gasteiger partial charge in [-0.25, -0.2) is 9.59 Å². The number of rotatable bonds is 2. The van der Waals surface area contributed by atoms with E-state index >= 15 is 0 Å². The van der Waals surface area contributed by atoms with Crippen LogP contribution in [0.5, 0.6) is 0 Å². The van der Waals surface area contributed by atoms with E-state index in [1.807, 2.05) is 0 Å². The quantitative estimate of drug-likeness (QED) is 0.748. The molecule has 7 nitrogen and oxygen atoms in total. The number of hydrogen-bond donors (Lipinski definition) is 3. The van der Waals surface area contributed by atoms with Crippen molar-refractivity contribution in [3.8, 4) is 0 Å². The minimum atomic E-state index is -1.14. The fourth-order valence-electron chi connectivity index (χ4n) is 2.05. The summed E-state index contributed by atoms with van der Waals surface area (Å²) >= 11 is 3.23. The lowest BCUT2D eigenvalue weighted by Crippen LogP contribution is -2.56. The zero-order valence-electron chi connectivity index (χ0n) is 11.2. The number of piperazine rings is 1. The van der Waals surface area contributed by atoms with Crippen molar-refractivity contribution in [2.24, 2.45) is 0 Å². The lowest BCUT2D eigenvalue weighted by Gasteiger charge is -2.32. The number of nitrogens with one attached hydrogen (secondary N) is 2. The number of nitrogens with zero attached hydrogens (tertiary/aromatic N) is 1. The van der Waals surface area contributed by atoms with Crippen molar-refractivity contribution < 1.29 is 19.5 Å². The average Bonchev–Trinajstić information content (AvgIpc) is 2.41. The summed E-state index contributed by atoms with van der Waals surface area (Å²) in [5.74, 6) is -1.37. The highest BCUT2D eigenvalue weighted by Gasteiger charge is 2.29. The summed E-state index contributed by atoms with van der Waals surface area (Å²) in [5, 5.41) is 14.3. The van der Waals surface area contributed by atoms with Crippen molar-refractivity contribution in [1.29, 1.82) is 0 Å². The van der Waals surface area contributed by atoms with E-state index in [0.717, 1.165) is 0 Å². The van der Waals surface area contributed by atoms with Crippen molar-refractivity contribution in [3.63, 3.8) is 0 Å². The Labute approximate surface area is 129 Å². The number of hydrogen-bond acceptors (Lipinski definition) is 3. The van der Waals surface area contributed by atoms with E-state index in [1.165, 1.54) is 17.0 Å². The second kappa shape index (κ2) is 6.13.